The van der Waals surface area contributed by atoms with Crippen LogP contribution in [-0.2, 0) is 26.1 Å². The van der Waals surface area contributed by atoms with E-state index >= 15 is 0 Å². The minimum absolute atomic E-state index is 0.000560. The number of piperidine rings is 1. The highest BCUT2D eigenvalue weighted by atomic mass is 32.2. The Hall–Kier alpha value is -3.97. The molecule has 0 saturated carbocycles. The van der Waals surface area contributed by atoms with Gasteiger partial charge in [0.25, 0.3) is 6.43 Å². The van der Waals surface area contributed by atoms with E-state index in [1.165, 1.54) is 10.6 Å². The largest absolute Gasteiger partial charge is 0.466 e. The van der Waals surface area contributed by atoms with Crippen molar-refractivity contribution in [3.8, 4) is 0 Å². The number of carbonyl (C=O) groups is 1. The van der Waals surface area contributed by atoms with Gasteiger partial charge in [0.1, 0.15) is 10.7 Å². The first kappa shape index (κ1) is 32.0. The maximum Gasteiger partial charge on any atom is 0.306 e. The van der Waals surface area contributed by atoms with Gasteiger partial charge < -0.3 is 9.64 Å². The van der Waals surface area contributed by atoms with Gasteiger partial charge in [0.05, 0.1) is 13.0 Å². The lowest BCUT2D eigenvalue weighted by Gasteiger charge is -2.36. The van der Waals surface area contributed by atoms with E-state index < -0.39 is 34.2 Å². The average molecular weight is 653 g/mol. The lowest BCUT2D eigenvalue weighted by molar-refractivity contribution is -0.143. The van der Waals surface area contributed by atoms with E-state index in [-0.39, 0.29) is 36.2 Å². The number of hydrogen-bond donors (Lipinski definition) is 0. The molecule has 46 heavy (non-hydrogen) atoms. The smallest absolute Gasteiger partial charge is 0.306 e. The predicted octanol–water partition coefficient (Wildman–Crippen LogP) is 5.64. The number of rotatable bonds is 8. The molecular formula is C33H38F2N6O4S. The minimum Gasteiger partial charge on any atom is -0.466 e. The van der Waals surface area contributed by atoms with Crippen molar-refractivity contribution in [3.05, 3.63) is 81.9 Å². The van der Waals surface area contributed by atoms with Gasteiger partial charge in [-0.3, -0.25) is 9.20 Å². The summed E-state index contributed by atoms with van der Waals surface area (Å²) in [5, 5.41) is 7.70. The summed E-state index contributed by atoms with van der Waals surface area (Å²) in [5.74, 6) is -0.841. The number of fused-ring (bicyclic) bond motifs is 4. The molecule has 10 nitrogen and oxygen atoms in total. The number of esters is 1. The molecule has 6 rings (SSSR count). The van der Waals surface area contributed by atoms with E-state index in [1.807, 2.05) is 32.0 Å². The molecule has 0 spiro atoms. The van der Waals surface area contributed by atoms with Crippen molar-refractivity contribution in [1.82, 2.24) is 23.9 Å². The summed E-state index contributed by atoms with van der Waals surface area (Å²) in [6, 6.07) is 9.23. The summed E-state index contributed by atoms with van der Waals surface area (Å²) in [5.41, 5.74) is 4.89. The van der Waals surface area contributed by atoms with Crippen LogP contribution in [0.2, 0.25) is 0 Å². The summed E-state index contributed by atoms with van der Waals surface area (Å²) < 4.78 is 63.7. The summed E-state index contributed by atoms with van der Waals surface area (Å²) in [7, 11) is -3.89. The number of halogens is 2. The maximum atomic E-state index is 14.2. The molecule has 2 atom stereocenters. The number of nitrogens with zero attached hydrogens (tertiary/aromatic N) is 6. The standard InChI is InChI=1S/C33H38F2N6O4S/c1-5-45-29(42)16-27(26-11-13-41-31(22(26)4)37-38-33(41)30(34)35)23-10-9-21(3)24(15-23)18-39-19-25-8-6-7-12-40(25)32-28(46(39,43)44)14-20(2)17-36-32/h9-11,13-15,17,25,27,30H,5-8,12,16,18-19H2,1-4H3/t25-,27?/m1/s1. The van der Waals surface area contributed by atoms with Crippen molar-refractivity contribution in [2.75, 3.05) is 24.6 Å². The lowest BCUT2D eigenvalue weighted by atomic mass is 9.85. The fraction of sp³-hybridized carbons (Fsp3) is 0.455. The van der Waals surface area contributed by atoms with E-state index in [1.54, 1.807) is 36.5 Å². The molecule has 1 fully saturated rings. The first-order valence-electron chi connectivity index (χ1n) is 15.6. The molecule has 0 N–H and O–H groups in total. The number of aromatic nitrogens is 4. The maximum absolute atomic E-state index is 14.2. The number of carbonyl (C=O) groups excluding carboxylic acids is 1. The molecule has 0 amide bonds. The van der Waals surface area contributed by atoms with Crippen molar-refractivity contribution < 1.29 is 26.7 Å². The van der Waals surface area contributed by atoms with E-state index in [0.717, 1.165) is 53.6 Å². The Balaban J connectivity index is 1.41. The molecule has 2 aliphatic heterocycles. The van der Waals surface area contributed by atoms with Crippen LogP contribution >= 0.6 is 0 Å². The van der Waals surface area contributed by atoms with Gasteiger partial charge in [-0.1, -0.05) is 18.2 Å². The van der Waals surface area contributed by atoms with Crippen LogP contribution in [-0.4, -0.2) is 64.0 Å². The Morgan fingerprint density at radius 1 is 1.11 bits per heavy atom. The highest BCUT2D eigenvalue weighted by Gasteiger charge is 2.39. The Morgan fingerprint density at radius 3 is 2.67 bits per heavy atom. The number of ether oxygens (including phenoxy) is 1. The van der Waals surface area contributed by atoms with Crippen LogP contribution in [0.15, 0.2) is 47.6 Å². The molecule has 244 valence electrons. The zero-order chi connectivity index (χ0) is 32.7. The number of benzene rings is 1. The third kappa shape index (κ3) is 5.86. The van der Waals surface area contributed by atoms with Gasteiger partial charge in [0.15, 0.2) is 5.65 Å². The van der Waals surface area contributed by atoms with Crippen LogP contribution in [0.5, 0.6) is 0 Å². The molecule has 1 unspecified atom stereocenters. The van der Waals surface area contributed by atoms with Gasteiger partial charge in [-0.05, 0) is 92.5 Å². The third-order valence-electron chi connectivity index (χ3n) is 9.16. The second kappa shape index (κ2) is 12.7. The Morgan fingerprint density at radius 2 is 1.91 bits per heavy atom. The number of pyridine rings is 2. The first-order valence-corrected chi connectivity index (χ1v) is 17.0. The number of hydrogen-bond acceptors (Lipinski definition) is 8. The average Bonchev–Trinajstić information content (AvgIpc) is 3.44. The first-order chi connectivity index (χ1) is 22.0. The summed E-state index contributed by atoms with van der Waals surface area (Å²) >= 11 is 0. The molecule has 2 aliphatic rings. The molecule has 0 bridgehead atoms. The van der Waals surface area contributed by atoms with Crippen LogP contribution in [0.1, 0.15) is 84.2 Å². The minimum atomic E-state index is -3.89. The highest BCUT2D eigenvalue weighted by molar-refractivity contribution is 7.89. The van der Waals surface area contributed by atoms with Gasteiger partial charge in [-0.2, -0.15) is 4.31 Å². The van der Waals surface area contributed by atoms with Crippen LogP contribution in [0.4, 0.5) is 14.6 Å². The van der Waals surface area contributed by atoms with Crippen LogP contribution in [0.3, 0.4) is 0 Å². The number of sulfonamides is 1. The van der Waals surface area contributed by atoms with Gasteiger partial charge in [-0.25, -0.2) is 22.2 Å². The summed E-state index contributed by atoms with van der Waals surface area (Å²) in [4.78, 5) is 19.9. The zero-order valence-corrected chi connectivity index (χ0v) is 27.2. The normalized spacial score (nSPS) is 18.7. The van der Waals surface area contributed by atoms with Gasteiger partial charge in [0.2, 0.25) is 15.8 Å². The van der Waals surface area contributed by atoms with Crippen molar-refractivity contribution in [3.63, 3.8) is 0 Å². The topological polar surface area (TPSA) is 110 Å². The fourth-order valence-electron chi connectivity index (χ4n) is 6.74. The second-order valence-corrected chi connectivity index (χ2v) is 14.1. The van der Waals surface area contributed by atoms with E-state index in [9.17, 15) is 22.0 Å². The Kier molecular flexibility index (Phi) is 8.81. The van der Waals surface area contributed by atoms with Crippen molar-refractivity contribution in [2.45, 2.75) is 83.2 Å². The quantitative estimate of drug-likeness (QED) is 0.225. The van der Waals surface area contributed by atoms with E-state index in [0.29, 0.717) is 17.9 Å². The molecule has 0 radical (unpaired) electrons. The summed E-state index contributed by atoms with van der Waals surface area (Å²) in [6.07, 6.45) is 3.31. The van der Waals surface area contributed by atoms with Crippen LogP contribution in [0, 0.1) is 20.8 Å². The molecule has 4 aromatic rings. The molecule has 1 saturated heterocycles. The fourth-order valence-corrected chi connectivity index (χ4v) is 8.43. The molecule has 1 aromatic carbocycles. The number of alkyl halides is 2. The van der Waals surface area contributed by atoms with Gasteiger partial charge in [-0.15, -0.1) is 10.2 Å². The van der Waals surface area contributed by atoms with Crippen molar-refractivity contribution in [2.24, 2.45) is 0 Å². The van der Waals surface area contributed by atoms with E-state index in [2.05, 4.69) is 20.1 Å². The van der Waals surface area contributed by atoms with E-state index in [4.69, 9.17) is 4.74 Å². The monoisotopic (exact) mass is 652 g/mol. The van der Waals surface area contributed by atoms with Crippen molar-refractivity contribution >= 4 is 27.5 Å². The highest BCUT2D eigenvalue weighted by Crippen LogP contribution is 2.38. The number of anilines is 1. The Labute approximate surface area is 267 Å². The molecule has 3 aromatic heterocycles. The molecule has 0 aliphatic carbocycles. The molecular weight excluding hydrogens is 614 g/mol. The zero-order valence-electron chi connectivity index (χ0n) is 26.4. The predicted molar refractivity (Wildman–Crippen MR) is 169 cm³/mol. The number of aryl methyl sites for hydroxylation is 3. The third-order valence-corrected chi connectivity index (χ3v) is 11.0. The van der Waals surface area contributed by atoms with Crippen molar-refractivity contribution in [1.29, 1.82) is 0 Å². The second-order valence-electron chi connectivity index (χ2n) is 12.2. The molecule has 5 heterocycles. The van der Waals surface area contributed by atoms with Crippen LogP contribution in [0.25, 0.3) is 5.65 Å². The SMILES string of the molecule is CCOC(=O)CC(c1ccc(C)c(CN2C[C@H]3CCCCN3c3ncc(C)cc3S2(=O)=O)c1)c1ccn2c(C(F)F)nnc2c1C. The summed E-state index contributed by atoms with van der Waals surface area (Å²) in [6.45, 7) is 8.75. The van der Waals surface area contributed by atoms with Crippen LogP contribution < -0.4 is 4.90 Å². The molecule has 13 heteroatoms. The lowest BCUT2D eigenvalue weighted by Crippen LogP contribution is -2.45. The van der Waals surface area contributed by atoms with Gasteiger partial charge >= 0.3 is 5.97 Å². The Bertz CT molecular complexity index is 1900. The van der Waals surface area contributed by atoms with Gasteiger partial charge in [0, 0.05) is 44.0 Å².